The first-order valence-corrected chi connectivity index (χ1v) is 5.51. The fraction of sp³-hybridized carbons (Fsp3) is 0.364. The van der Waals surface area contributed by atoms with Crippen LogP contribution >= 0.6 is 24.2 Å². The molecule has 0 saturated carbocycles. The summed E-state index contributed by atoms with van der Waals surface area (Å²) in [6, 6.07) is 5.28. The minimum Gasteiger partial charge on any atom is -0.339 e. The third-order valence-corrected chi connectivity index (χ3v) is 2.88. The topological polar surface area (TPSA) is 20.3 Å². The van der Waals surface area contributed by atoms with Crippen LogP contribution < -0.4 is 0 Å². The van der Waals surface area contributed by atoms with Gasteiger partial charge in [0, 0.05) is 18.0 Å². The van der Waals surface area contributed by atoms with E-state index in [9.17, 15) is 4.79 Å². The quantitative estimate of drug-likeness (QED) is 0.792. The second kappa shape index (κ2) is 4.90. The van der Waals surface area contributed by atoms with Gasteiger partial charge >= 0.3 is 0 Å². The number of carbonyl (C=O) groups excluding carboxylic acids is 1. The van der Waals surface area contributed by atoms with Crippen molar-refractivity contribution in [3.05, 3.63) is 28.8 Å². The number of amides is 1. The fourth-order valence-electron chi connectivity index (χ4n) is 1.10. The molecule has 0 aliphatic rings. The summed E-state index contributed by atoms with van der Waals surface area (Å²) < 4.78 is 0. The Balaban J connectivity index is 3.05. The second-order valence-electron chi connectivity index (χ2n) is 3.67. The van der Waals surface area contributed by atoms with Crippen molar-refractivity contribution in [3.8, 4) is 0 Å². The molecule has 1 aromatic rings. The van der Waals surface area contributed by atoms with Crippen LogP contribution in [0.15, 0.2) is 23.1 Å². The van der Waals surface area contributed by atoms with E-state index in [1.54, 1.807) is 30.1 Å². The fourth-order valence-corrected chi connectivity index (χ4v) is 1.50. The van der Waals surface area contributed by atoms with Crippen molar-refractivity contribution in [2.75, 3.05) is 7.05 Å². The van der Waals surface area contributed by atoms with Crippen molar-refractivity contribution in [1.82, 2.24) is 4.90 Å². The molecule has 0 aromatic heterocycles. The minimum atomic E-state index is -0.0779. The number of carbonyl (C=O) groups is 1. The summed E-state index contributed by atoms with van der Waals surface area (Å²) in [7, 11) is 1.76. The Morgan fingerprint density at radius 2 is 2.07 bits per heavy atom. The van der Waals surface area contributed by atoms with Gasteiger partial charge in [0.25, 0.3) is 5.91 Å². The van der Waals surface area contributed by atoms with Crippen LogP contribution in [0.1, 0.15) is 24.2 Å². The van der Waals surface area contributed by atoms with Crippen molar-refractivity contribution in [3.63, 3.8) is 0 Å². The van der Waals surface area contributed by atoms with E-state index >= 15 is 0 Å². The first kappa shape index (κ1) is 12.4. The highest BCUT2D eigenvalue weighted by molar-refractivity contribution is 7.80. The number of rotatable bonds is 2. The number of nitrogens with zero attached hydrogens (tertiary/aromatic N) is 1. The van der Waals surface area contributed by atoms with Crippen LogP contribution in [-0.4, -0.2) is 23.9 Å². The van der Waals surface area contributed by atoms with Crippen molar-refractivity contribution >= 4 is 30.1 Å². The maximum atomic E-state index is 12.0. The lowest BCUT2D eigenvalue weighted by molar-refractivity contribution is 0.0755. The van der Waals surface area contributed by atoms with Crippen LogP contribution in [0.25, 0.3) is 0 Å². The third kappa shape index (κ3) is 2.89. The molecule has 82 valence electrons. The van der Waals surface area contributed by atoms with Gasteiger partial charge in [0.1, 0.15) is 0 Å². The van der Waals surface area contributed by atoms with E-state index in [1.807, 2.05) is 13.8 Å². The Hall–Kier alpha value is -0.670. The molecule has 15 heavy (non-hydrogen) atoms. The molecule has 0 unspecified atom stereocenters. The number of thiol groups is 1. The van der Waals surface area contributed by atoms with Gasteiger partial charge in [-0.05, 0) is 32.0 Å². The smallest absolute Gasteiger partial charge is 0.255 e. The molecule has 0 radical (unpaired) electrons. The number of halogens is 1. The van der Waals surface area contributed by atoms with Gasteiger partial charge < -0.3 is 4.90 Å². The van der Waals surface area contributed by atoms with Gasteiger partial charge in [0.15, 0.2) is 0 Å². The zero-order valence-electron chi connectivity index (χ0n) is 8.99. The standard InChI is InChI=1S/C11H14ClNOS/c1-7(2)13(3)11(14)9-6-8(15)4-5-10(9)12/h4-7,15H,1-3H3. The van der Waals surface area contributed by atoms with Crippen LogP contribution in [0.4, 0.5) is 0 Å². The van der Waals surface area contributed by atoms with Gasteiger partial charge in [-0.3, -0.25) is 4.79 Å². The highest BCUT2D eigenvalue weighted by Crippen LogP contribution is 2.21. The Morgan fingerprint density at radius 1 is 1.47 bits per heavy atom. The van der Waals surface area contributed by atoms with E-state index in [0.717, 1.165) is 4.90 Å². The molecule has 0 heterocycles. The molecule has 0 aliphatic carbocycles. The van der Waals surface area contributed by atoms with Gasteiger partial charge in [0.2, 0.25) is 0 Å². The molecule has 0 spiro atoms. The largest absolute Gasteiger partial charge is 0.339 e. The van der Waals surface area contributed by atoms with Crippen molar-refractivity contribution in [2.45, 2.75) is 24.8 Å². The maximum absolute atomic E-state index is 12.0. The van der Waals surface area contributed by atoms with Crippen molar-refractivity contribution < 1.29 is 4.79 Å². The zero-order valence-corrected chi connectivity index (χ0v) is 10.6. The average molecular weight is 244 g/mol. The van der Waals surface area contributed by atoms with Crippen molar-refractivity contribution in [2.24, 2.45) is 0 Å². The molecule has 1 amide bonds. The van der Waals surface area contributed by atoms with Crippen LogP contribution in [0.2, 0.25) is 5.02 Å². The second-order valence-corrected chi connectivity index (χ2v) is 4.60. The summed E-state index contributed by atoms with van der Waals surface area (Å²) in [6.45, 7) is 3.91. The van der Waals surface area contributed by atoms with Crippen LogP contribution in [0.5, 0.6) is 0 Å². The van der Waals surface area contributed by atoms with Gasteiger partial charge in [0.05, 0.1) is 10.6 Å². The number of hydrogen-bond acceptors (Lipinski definition) is 2. The molecule has 0 atom stereocenters. The highest BCUT2D eigenvalue weighted by Gasteiger charge is 2.17. The van der Waals surface area contributed by atoms with Crippen LogP contribution in [0, 0.1) is 0 Å². The SMILES string of the molecule is CC(C)N(C)C(=O)c1cc(S)ccc1Cl. The predicted octanol–water partition coefficient (Wildman–Crippen LogP) is 3.11. The summed E-state index contributed by atoms with van der Waals surface area (Å²) in [5.41, 5.74) is 0.500. The third-order valence-electron chi connectivity index (χ3n) is 2.28. The minimum absolute atomic E-state index is 0.0779. The van der Waals surface area contributed by atoms with E-state index < -0.39 is 0 Å². The summed E-state index contributed by atoms with van der Waals surface area (Å²) in [5, 5.41) is 0.463. The van der Waals surface area contributed by atoms with Gasteiger partial charge in [-0.2, -0.15) is 0 Å². The normalized spacial score (nSPS) is 10.5. The Labute approximate surface area is 101 Å². The Morgan fingerprint density at radius 3 is 2.60 bits per heavy atom. The molecule has 1 rings (SSSR count). The molecule has 0 aliphatic heterocycles. The molecular formula is C11H14ClNOS. The summed E-state index contributed by atoms with van der Waals surface area (Å²) in [5.74, 6) is -0.0779. The van der Waals surface area contributed by atoms with Crippen molar-refractivity contribution in [1.29, 1.82) is 0 Å². The van der Waals surface area contributed by atoms with E-state index in [4.69, 9.17) is 11.6 Å². The first-order chi connectivity index (χ1) is 6.93. The summed E-state index contributed by atoms with van der Waals surface area (Å²) in [6.07, 6.45) is 0. The van der Waals surface area contributed by atoms with E-state index in [0.29, 0.717) is 10.6 Å². The van der Waals surface area contributed by atoms with Crippen LogP contribution in [-0.2, 0) is 0 Å². The van der Waals surface area contributed by atoms with E-state index in [-0.39, 0.29) is 11.9 Å². The lowest BCUT2D eigenvalue weighted by Gasteiger charge is -2.22. The molecular weight excluding hydrogens is 230 g/mol. The van der Waals surface area contributed by atoms with E-state index in [2.05, 4.69) is 12.6 Å². The predicted molar refractivity (Wildman–Crippen MR) is 65.9 cm³/mol. The summed E-state index contributed by atoms with van der Waals surface area (Å²) in [4.78, 5) is 14.3. The lowest BCUT2D eigenvalue weighted by atomic mass is 10.2. The first-order valence-electron chi connectivity index (χ1n) is 4.69. The zero-order chi connectivity index (χ0) is 11.6. The molecule has 0 bridgehead atoms. The lowest BCUT2D eigenvalue weighted by Crippen LogP contribution is -2.33. The molecule has 0 N–H and O–H groups in total. The Kier molecular flexibility index (Phi) is 4.05. The molecule has 1 aromatic carbocycles. The molecule has 0 saturated heterocycles. The summed E-state index contributed by atoms with van der Waals surface area (Å²) >= 11 is 10.1. The average Bonchev–Trinajstić information content (AvgIpc) is 2.19. The Bertz CT molecular complexity index is 379. The molecule has 0 fully saturated rings. The van der Waals surface area contributed by atoms with Gasteiger partial charge in [-0.15, -0.1) is 12.6 Å². The van der Waals surface area contributed by atoms with Gasteiger partial charge in [-0.1, -0.05) is 11.6 Å². The van der Waals surface area contributed by atoms with E-state index in [1.165, 1.54) is 0 Å². The number of hydrogen-bond donors (Lipinski definition) is 1. The van der Waals surface area contributed by atoms with Gasteiger partial charge in [-0.25, -0.2) is 0 Å². The number of benzene rings is 1. The molecule has 2 nitrogen and oxygen atoms in total. The highest BCUT2D eigenvalue weighted by atomic mass is 35.5. The maximum Gasteiger partial charge on any atom is 0.255 e. The monoisotopic (exact) mass is 243 g/mol. The van der Waals surface area contributed by atoms with Crippen LogP contribution in [0.3, 0.4) is 0 Å². The molecule has 4 heteroatoms.